The number of aryl methyl sites for hydroxylation is 1. The number of carbonyl (C=O) groups excluding carboxylic acids is 3. The van der Waals surface area contributed by atoms with Crippen molar-refractivity contribution in [3.63, 3.8) is 0 Å². The van der Waals surface area contributed by atoms with Crippen molar-refractivity contribution >= 4 is 40.6 Å². The maximum Gasteiger partial charge on any atom is 0.325 e. The highest BCUT2D eigenvalue weighted by Crippen LogP contribution is 2.39. The van der Waals surface area contributed by atoms with Gasteiger partial charge in [0.25, 0.3) is 5.91 Å². The highest BCUT2D eigenvalue weighted by molar-refractivity contribution is 7.98. The maximum atomic E-state index is 13.5. The Balaban J connectivity index is 1.34. The van der Waals surface area contributed by atoms with Gasteiger partial charge in [-0.05, 0) is 61.0 Å². The van der Waals surface area contributed by atoms with Crippen LogP contribution in [0, 0.1) is 0 Å². The lowest BCUT2D eigenvalue weighted by Crippen LogP contribution is -2.47. The number of thioether (sulfide) groups is 1. The molecule has 1 aromatic heterocycles. The summed E-state index contributed by atoms with van der Waals surface area (Å²) >= 11 is 1.68. The van der Waals surface area contributed by atoms with Crippen LogP contribution in [-0.4, -0.2) is 51.3 Å². The summed E-state index contributed by atoms with van der Waals surface area (Å²) in [5.74, 6) is 0.740. The smallest absolute Gasteiger partial charge is 0.325 e. The molecule has 1 aliphatic heterocycles. The molecule has 4 amide bonds. The van der Waals surface area contributed by atoms with Crippen LogP contribution in [0.25, 0.3) is 11.0 Å². The molecule has 5 rings (SSSR count). The molecule has 1 aliphatic carbocycles. The summed E-state index contributed by atoms with van der Waals surface area (Å²) in [7, 11) is 0. The minimum Gasteiger partial charge on any atom is -0.345 e. The number of nitrogens with zero attached hydrogens (tertiary/aromatic N) is 2. The van der Waals surface area contributed by atoms with Crippen molar-refractivity contribution in [3.05, 3.63) is 65.5 Å². The van der Waals surface area contributed by atoms with Gasteiger partial charge in [0.15, 0.2) is 0 Å². The normalized spacial score (nSPS) is 20.4. The number of para-hydroxylation sites is 2. The van der Waals surface area contributed by atoms with E-state index in [2.05, 4.69) is 20.6 Å². The van der Waals surface area contributed by atoms with E-state index >= 15 is 0 Å². The molecule has 2 aromatic carbocycles. The van der Waals surface area contributed by atoms with Crippen molar-refractivity contribution in [1.29, 1.82) is 0 Å². The lowest BCUT2D eigenvalue weighted by atomic mass is 9.76. The number of imide groups is 1. The van der Waals surface area contributed by atoms with Gasteiger partial charge in [-0.1, -0.05) is 36.4 Å². The number of urea groups is 1. The third kappa shape index (κ3) is 3.94. The third-order valence-corrected chi connectivity index (χ3v) is 7.28. The number of hydrogen-bond donors (Lipinski definition) is 3. The van der Waals surface area contributed by atoms with E-state index in [0.717, 1.165) is 45.7 Å². The van der Waals surface area contributed by atoms with E-state index < -0.39 is 17.5 Å². The van der Waals surface area contributed by atoms with E-state index in [0.29, 0.717) is 18.7 Å². The van der Waals surface area contributed by atoms with Crippen molar-refractivity contribution in [1.82, 2.24) is 25.5 Å². The van der Waals surface area contributed by atoms with Crippen LogP contribution < -0.4 is 10.6 Å². The third-order valence-electron chi connectivity index (χ3n) is 6.64. The van der Waals surface area contributed by atoms with Gasteiger partial charge in [-0.3, -0.25) is 14.5 Å². The topological polar surface area (TPSA) is 107 Å². The molecule has 34 heavy (non-hydrogen) atoms. The molecule has 0 bridgehead atoms. The highest BCUT2D eigenvalue weighted by Gasteiger charge is 2.54. The number of aromatic nitrogens is 2. The number of carbonyl (C=O) groups is 3. The fourth-order valence-corrected chi connectivity index (χ4v) is 5.46. The molecule has 8 nitrogen and oxygen atoms in total. The molecule has 176 valence electrons. The van der Waals surface area contributed by atoms with Crippen LogP contribution >= 0.6 is 11.8 Å². The van der Waals surface area contributed by atoms with Crippen molar-refractivity contribution in [2.45, 2.75) is 37.3 Å². The van der Waals surface area contributed by atoms with Gasteiger partial charge in [0.2, 0.25) is 5.91 Å². The quantitative estimate of drug-likeness (QED) is 0.453. The molecule has 2 heterocycles. The van der Waals surface area contributed by atoms with Gasteiger partial charge in [-0.2, -0.15) is 11.8 Å². The molecule has 1 spiro atoms. The highest BCUT2D eigenvalue weighted by atomic mass is 32.2. The first kappa shape index (κ1) is 22.5. The predicted molar refractivity (Wildman–Crippen MR) is 131 cm³/mol. The van der Waals surface area contributed by atoms with Crippen molar-refractivity contribution in [2.24, 2.45) is 0 Å². The van der Waals surface area contributed by atoms with Crippen LogP contribution in [0.5, 0.6) is 0 Å². The zero-order valence-electron chi connectivity index (χ0n) is 19.0. The number of nitrogens with one attached hydrogen (secondary N) is 3. The second-order valence-corrected chi connectivity index (χ2v) is 9.76. The average Bonchev–Trinajstić information content (AvgIpc) is 3.37. The molecular weight excluding hydrogens is 450 g/mol. The largest absolute Gasteiger partial charge is 0.345 e. The Bertz CT molecular complexity index is 1230. The van der Waals surface area contributed by atoms with E-state index in [1.165, 1.54) is 0 Å². The van der Waals surface area contributed by atoms with Crippen LogP contribution in [0.15, 0.2) is 48.5 Å². The molecule has 0 radical (unpaired) electrons. The molecular formula is C25H27N5O3S. The zero-order chi connectivity index (χ0) is 23.7. The number of fused-ring (bicyclic) bond motifs is 3. The van der Waals surface area contributed by atoms with E-state index in [1.807, 2.05) is 54.8 Å². The number of imidazole rings is 1. The second-order valence-electron chi connectivity index (χ2n) is 8.78. The minimum atomic E-state index is -1.08. The van der Waals surface area contributed by atoms with Gasteiger partial charge < -0.3 is 15.6 Å². The van der Waals surface area contributed by atoms with Crippen LogP contribution in [0.1, 0.15) is 42.3 Å². The summed E-state index contributed by atoms with van der Waals surface area (Å²) in [6.07, 6.45) is 4.88. The Morgan fingerprint density at radius 3 is 2.82 bits per heavy atom. The van der Waals surface area contributed by atoms with E-state index in [-0.39, 0.29) is 18.5 Å². The first-order valence-corrected chi connectivity index (χ1v) is 12.9. The van der Waals surface area contributed by atoms with Crippen LogP contribution in [0.2, 0.25) is 0 Å². The van der Waals surface area contributed by atoms with Gasteiger partial charge in [-0.25, -0.2) is 9.78 Å². The fraction of sp³-hybridized carbons (Fsp3) is 0.360. The molecule has 3 N–H and O–H groups in total. The van der Waals surface area contributed by atoms with E-state index in [9.17, 15) is 14.4 Å². The van der Waals surface area contributed by atoms with Gasteiger partial charge >= 0.3 is 6.03 Å². The summed E-state index contributed by atoms with van der Waals surface area (Å²) in [6.45, 7) is -0.329. The van der Waals surface area contributed by atoms with E-state index in [1.54, 1.807) is 11.8 Å². The van der Waals surface area contributed by atoms with Crippen molar-refractivity contribution < 1.29 is 14.4 Å². The van der Waals surface area contributed by atoms with Gasteiger partial charge in [0, 0.05) is 0 Å². The lowest BCUT2D eigenvalue weighted by Gasteiger charge is -2.33. The van der Waals surface area contributed by atoms with E-state index in [4.69, 9.17) is 0 Å². The first-order chi connectivity index (χ1) is 16.5. The predicted octanol–water partition coefficient (Wildman–Crippen LogP) is 3.26. The summed E-state index contributed by atoms with van der Waals surface area (Å²) in [5.41, 5.74) is 2.54. The average molecular weight is 478 g/mol. The standard InChI is InChI=1S/C25H27N5O3S/c1-34-14-12-20(22-27-18-10-4-5-11-19(18)28-22)26-21(31)15-30-23(32)25(29-24(30)33)13-6-8-16-7-2-3-9-17(16)25/h2-5,7,9-11,20H,6,8,12-15H2,1H3,(H,26,31)(H,27,28)(H,29,33)/t20-,25+/m0/s1. The maximum absolute atomic E-state index is 13.5. The Kier molecular flexibility index (Phi) is 6.03. The molecule has 1 saturated heterocycles. The molecule has 2 atom stereocenters. The summed E-state index contributed by atoms with van der Waals surface area (Å²) in [5, 5.41) is 5.89. The van der Waals surface area contributed by atoms with Gasteiger partial charge in [-0.15, -0.1) is 0 Å². The SMILES string of the molecule is CSCC[C@H](NC(=O)CN1C(=O)N[C@@]2(CCCc3ccccc32)C1=O)c1nc2ccccc2[nH]1. The molecule has 9 heteroatoms. The monoisotopic (exact) mass is 477 g/mol. The Labute approximate surface area is 201 Å². The van der Waals surface area contributed by atoms with Gasteiger partial charge in [0.1, 0.15) is 17.9 Å². The summed E-state index contributed by atoms with van der Waals surface area (Å²) in [4.78, 5) is 48.3. The number of amides is 4. The number of aromatic amines is 1. The minimum absolute atomic E-state index is 0.329. The van der Waals surface area contributed by atoms with Crippen LogP contribution in [-0.2, 0) is 21.5 Å². The number of benzene rings is 2. The fourth-order valence-electron chi connectivity index (χ4n) is 4.99. The Morgan fingerprint density at radius 2 is 2.00 bits per heavy atom. The Morgan fingerprint density at radius 1 is 1.21 bits per heavy atom. The molecule has 0 saturated carbocycles. The number of hydrogen-bond acceptors (Lipinski definition) is 5. The molecule has 2 aliphatic rings. The lowest BCUT2D eigenvalue weighted by molar-refractivity contribution is -0.135. The van der Waals surface area contributed by atoms with Crippen molar-refractivity contribution in [3.8, 4) is 0 Å². The zero-order valence-corrected chi connectivity index (χ0v) is 19.8. The van der Waals surface area contributed by atoms with Crippen molar-refractivity contribution in [2.75, 3.05) is 18.6 Å². The summed E-state index contributed by atoms with van der Waals surface area (Å²) < 4.78 is 0. The first-order valence-electron chi connectivity index (χ1n) is 11.5. The number of rotatable bonds is 7. The number of H-pyrrole nitrogens is 1. The molecule has 1 fully saturated rings. The molecule has 3 aromatic rings. The second kappa shape index (κ2) is 9.13. The van der Waals surface area contributed by atoms with Crippen LogP contribution in [0.3, 0.4) is 0 Å². The Hall–Kier alpha value is -3.33. The van der Waals surface area contributed by atoms with Crippen LogP contribution in [0.4, 0.5) is 4.79 Å². The van der Waals surface area contributed by atoms with Gasteiger partial charge in [0.05, 0.1) is 17.1 Å². The molecule has 0 unspecified atom stereocenters. The summed E-state index contributed by atoms with van der Waals surface area (Å²) in [6, 6.07) is 14.5.